The lowest BCUT2D eigenvalue weighted by atomic mass is 10.0. The molecule has 2 saturated heterocycles. The summed E-state index contributed by atoms with van der Waals surface area (Å²) in [5, 5.41) is 2.96. The molecule has 0 saturated carbocycles. The summed E-state index contributed by atoms with van der Waals surface area (Å²) in [5.41, 5.74) is 0. The summed E-state index contributed by atoms with van der Waals surface area (Å²) in [5.74, 6) is 0.246. The maximum absolute atomic E-state index is 12.1. The van der Waals surface area contributed by atoms with Crippen LogP contribution in [-0.2, 0) is 9.53 Å². The molecule has 2 rings (SSSR count). The largest absolute Gasteiger partial charge is 0.379 e. The number of piperidine rings is 1. The highest BCUT2D eigenvalue weighted by Gasteiger charge is 2.28. The first-order valence-corrected chi connectivity index (χ1v) is 7.05. The fourth-order valence-corrected chi connectivity index (χ4v) is 2.85. The van der Waals surface area contributed by atoms with Crippen molar-refractivity contribution in [3.63, 3.8) is 0 Å². The summed E-state index contributed by atoms with van der Waals surface area (Å²) >= 11 is 0. The van der Waals surface area contributed by atoms with Crippen molar-refractivity contribution in [2.45, 2.75) is 25.3 Å². The molecule has 0 aliphatic carbocycles. The molecule has 0 radical (unpaired) electrons. The second kappa shape index (κ2) is 7.07. The van der Waals surface area contributed by atoms with Gasteiger partial charge in [-0.3, -0.25) is 9.69 Å². The van der Waals surface area contributed by atoms with Gasteiger partial charge in [0, 0.05) is 32.2 Å². The zero-order chi connectivity index (χ0) is 12.8. The van der Waals surface area contributed by atoms with E-state index in [0.717, 1.165) is 52.2 Å². The molecule has 2 fully saturated rings. The number of hydrogen-bond acceptors (Lipinski definition) is 4. The van der Waals surface area contributed by atoms with E-state index in [2.05, 4.69) is 15.1 Å². The van der Waals surface area contributed by atoms with Crippen LogP contribution in [0.25, 0.3) is 0 Å². The maximum Gasteiger partial charge on any atom is 0.236 e. The lowest BCUT2D eigenvalue weighted by Crippen LogP contribution is -2.52. The van der Waals surface area contributed by atoms with Crippen LogP contribution >= 0.6 is 0 Å². The van der Waals surface area contributed by atoms with Crippen molar-refractivity contribution in [2.24, 2.45) is 0 Å². The van der Waals surface area contributed by atoms with Gasteiger partial charge in [-0.1, -0.05) is 0 Å². The summed E-state index contributed by atoms with van der Waals surface area (Å²) < 4.78 is 5.37. The van der Waals surface area contributed by atoms with Crippen LogP contribution in [0.5, 0.6) is 0 Å². The number of carbonyl (C=O) groups is 1. The van der Waals surface area contributed by atoms with Gasteiger partial charge in [0.05, 0.1) is 19.8 Å². The van der Waals surface area contributed by atoms with E-state index >= 15 is 0 Å². The lowest BCUT2D eigenvalue weighted by molar-refractivity contribution is -0.134. The Morgan fingerprint density at radius 3 is 2.78 bits per heavy atom. The normalized spacial score (nSPS) is 26.3. The maximum atomic E-state index is 12.1. The van der Waals surface area contributed by atoms with Gasteiger partial charge < -0.3 is 15.0 Å². The van der Waals surface area contributed by atoms with Crippen molar-refractivity contribution in [2.75, 3.05) is 53.0 Å². The molecule has 1 unspecified atom stereocenters. The van der Waals surface area contributed by atoms with Gasteiger partial charge in [-0.05, 0) is 26.3 Å². The molecule has 1 amide bonds. The van der Waals surface area contributed by atoms with Crippen molar-refractivity contribution >= 4 is 5.91 Å². The van der Waals surface area contributed by atoms with Gasteiger partial charge in [-0.25, -0.2) is 0 Å². The Morgan fingerprint density at radius 1 is 1.28 bits per heavy atom. The SMILES string of the molecule is CNCC(=O)N1CCCCC1CN1CCOCC1. The molecule has 2 aliphatic heterocycles. The van der Waals surface area contributed by atoms with Crippen molar-refractivity contribution < 1.29 is 9.53 Å². The predicted molar refractivity (Wildman–Crippen MR) is 70.5 cm³/mol. The molecule has 2 heterocycles. The van der Waals surface area contributed by atoms with E-state index in [4.69, 9.17) is 4.74 Å². The van der Waals surface area contributed by atoms with E-state index in [1.807, 2.05) is 7.05 Å². The number of amides is 1. The molecule has 2 aliphatic rings. The Kier molecular flexibility index (Phi) is 5.41. The molecule has 0 aromatic carbocycles. The zero-order valence-electron chi connectivity index (χ0n) is 11.4. The van der Waals surface area contributed by atoms with Crippen LogP contribution < -0.4 is 5.32 Å². The highest BCUT2D eigenvalue weighted by atomic mass is 16.5. The molecule has 5 nitrogen and oxygen atoms in total. The third-order valence-corrected chi connectivity index (χ3v) is 3.85. The molecule has 0 bridgehead atoms. The average Bonchev–Trinajstić information content (AvgIpc) is 2.41. The van der Waals surface area contributed by atoms with E-state index < -0.39 is 0 Å². The van der Waals surface area contributed by atoms with Crippen LogP contribution in [-0.4, -0.2) is 74.7 Å². The first-order chi connectivity index (χ1) is 8.81. The van der Waals surface area contributed by atoms with Crippen molar-refractivity contribution in [3.05, 3.63) is 0 Å². The Balaban J connectivity index is 1.88. The third kappa shape index (κ3) is 3.67. The molecule has 18 heavy (non-hydrogen) atoms. The molecule has 1 N–H and O–H groups in total. The fourth-order valence-electron chi connectivity index (χ4n) is 2.85. The number of nitrogens with zero attached hydrogens (tertiary/aromatic N) is 2. The smallest absolute Gasteiger partial charge is 0.236 e. The Labute approximate surface area is 109 Å². The van der Waals surface area contributed by atoms with Gasteiger partial charge in [0.1, 0.15) is 0 Å². The number of likely N-dealkylation sites (tertiary alicyclic amines) is 1. The van der Waals surface area contributed by atoms with Gasteiger partial charge in [-0.2, -0.15) is 0 Å². The second-order valence-electron chi connectivity index (χ2n) is 5.18. The summed E-state index contributed by atoms with van der Waals surface area (Å²) in [6.07, 6.45) is 3.54. The van der Waals surface area contributed by atoms with Gasteiger partial charge in [0.2, 0.25) is 5.91 Å². The first kappa shape index (κ1) is 13.8. The van der Waals surface area contributed by atoms with Crippen LogP contribution in [0.1, 0.15) is 19.3 Å². The van der Waals surface area contributed by atoms with Gasteiger partial charge in [-0.15, -0.1) is 0 Å². The van der Waals surface area contributed by atoms with E-state index in [9.17, 15) is 4.79 Å². The topological polar surface area (TPSA) is 44.8 Å². The number of morpholine rings is 1. The van der Waals surface area contributed by atoms with E-state index in [1.54, 1.807) is 0 Å². The number of carbonyl (C=O) groups excluding carboxylic acids is 1. The van der Waals surface area contributed by atoms with Crippen LogP contribution in [0.4, 0.5) is 0 Å². The minimum absolute atomic E-state index is 0.246. The number of likely N-dealkylation sites (N-methyl/N-ethyl adjacent to an activating group) is 1. The van der Waals surface area contributed by atoms with Gasteiger partial charge >= 0.3 is 0 Å². The standard InChI is InChI=1S/C13H25N3O2/c1-14-10-13(17)16-5-3-2-4-12(16)11-15-6-8-18-9-7-15/h12,14H,2-11H2,1H3. The van der Waals surface area contributed by atoms with Crippen LogP contribution in [0.2, 0.25) is 0 Å². The van der Waals surface area contributed by atoms with Gasteiger partial charge in [0.25, 0.3) is 0 Å². The van der Waals surface area contributed by atoms with E-state index in [1.165, 1.54) is 6.42 Å². The molecule has 104 valence electrons. The molecule has 5 heteroatoms. The minimum Gasteiger partial charge on any atom is -0.379 e. The summed E-state index contributed by atoms with van der Waals surface area (Å²) in [6.45, 7) is 6.07. The third-order valence-electron chi connectivity index (χ3n) is 3.85. The van der Waals surface area contributed by atoms with Crippen LogP contribution in [0.3, 0.4) is 0 Å². The summed E-state index contributed by atoms with van der Waals surface area (Å²) in [6, 6.07) is 0.401. The van der Waals surface area contributed by atoms with E-state index in [-0.39, 0.29) is 5.91 Å². The number of ether oxygens (including phenoxy) is 1. The number of rotatable bonds is 4. The average molecular weight is 255 g/mol. The summed E-state index contributed by atoms with van der Waals surface area (Å²) in [4.78, 5) is 16.6. The number of nitrogens with one attached hydrogen (secondary N) is 1. The molecule has 0 aromatic rings. The molecular weight excluding hydrogens is 230 g/mol. The summed E-state index contributed by atoms with van der Waals surface area (Å²) in [7, 11) is 1.83. The van der Waals surface area contributed by atoms with E-state index in [0.29, 0.717) is 12.6 Å². The minimum atomic E-state index is 0.246. The van der Waals surface area contributed by atoms with Crippen LogP contribution in [0.15, 0.2) is 0 Å². The molecule has 0 spiro atoms. The van der Waals surface area contributed by atoms with Crippen LogP contribution in [0, 0.1) is 0 Å². The highest BCUT2D eigenvalue weighted by molar-refractivity contribution is 5.78. The Morgan fingerprint density at radius 2 is 2.06 bits per heavy atom. The van der Waals surface area contributed by atoms with Gasteiger partial charge in [0.15, 0.2) is 0 Å². The fraction of sp³-hybridized carbons (Fsp3) is 0.923. The Bertz CT molecular complexity index is 267. The molecular formula is C13H25N3O2. The quantitative estimate of drug-likeness (QED) is 0.763. The predicted octanol–water partition coefficient (Wildman–Crippen LogP) is -0.0809. The Hall–Kier alpha value is -0.650. The highest BCUT2D eigenvalue weighted by Crippen LogP contribution is 2.18. The van der Waals surface area contributed by atoms with Crippen molar-refractivity contribution in [1.29, 1.82) is 0 Å². The molecule has 1 atom stereocenters. The zero-order valence-corrected chi connectivity index (χ0v) is 11.4. The monoisotopic (exact) mass is 255 g/mol. The van der Waals surface area contributed by atoms with Crippen molar-refractivity contribution in [1.82, 2.24) is 15.1 Å². The lowest BCUT2D eigenvalue weighted by Gasteiger charge is -2.39. The van der Waals surface area contributed by atoms with Crippen molar-refractivity contribution in [3.8, 4) is 0 Å². The second-order valence-corrected chi connectivity index (χ2v) is 5.18. The first-order valence-electron chi connectivity index (χ1n) is 7.05. The number of hydrogen-bond donors (Lipinski definition) is 1. The molecule has 0 aromatic heterocycles.